The van der Waals surface area contributed by atoms with Gasteiger partial charge < -0.3 is 5.32 Å². The number of nitrogens with zero attached hydrogens (tertiary/aromatic N) is 1. The second kappa shape index (κ2) is 5.61. The number of piperidine rings is 1. The number of benzene rings is 1. The van der Waals surface area contributed by atoms with Gasteiger partial charge in [-0.3, -0.25) is 4.90 Å². The second-order valence-electron chi connectivity index (χ2n) is 5.73. The molecule has 4 heteroatoms. The summed E-state index contributed by atoms with van der Waals surface area (Å²) in [4.78, 5) is 2.56. The average Bonchev–Trinajstić information content (AvgIpc) is 2.85. The van der Waals surface area contributed by atoms with Gasteiger partial charge in [0.05, 0.1) is 0 Å². The van der Waals surface area contributed by atoms with E-state index in [-0.39, 0.29) is 0 Å². The molecular weight excluding hydrogens is 279 g/mol. The Morgan fingerprint density at radius 3 is 2.95 bits per heavy atom. The van der Waals surface area contributed by atoms with Gasteiger partial charge in [0, 0.05) is 35.2 Å². The highest BCUT2D eigenvalue weighted by Gasteiger charge is 2.34. The number of nitrogens with one attached hydrogen (secondary N) is 1. The van der Waals surface area contributed by atoms with E-state index in [1.54, 1.807) is 0 Å². The predicted molar refractivity (Wildman–Crippen MR) is 81.0 cm³/mol. The van der Waals surface area contributed by atoms with E-state index in [4.69, 9.17) is 23.2 Å². The van der Waals surface area contributed by atoms with E-state index >= 15 is 0 Å². The van der Waals surface area contributed by atoms with Gasteiger partial charge in [-0.1, -0.05) is 29.3 Å². The largest absolute Gasteiger partial charge is 0.314 e. The Balaban J connectivity index is 1.74. The van der Waals surface area contributed by atoms with Gasteiger partial charge in [0.15, 0.2) is 0 Å². The van der Waals surface area contributed by atoms with Crippen molar-refractivity contribution in [2.24, 2.45) is 5.92 Å². The predicted octanol–water partition coefficient (Wildman–Crippen LogP) is 3.74. The van der Waals surface area contributed by atoms with Gasteiger partial charge in [0.1, 0.15) is 0 Å². The molecule has 104 valence electrons. The van der Waals surface area contributed by atoms with Crippen LogP contribution in [-0.2, 0) is 0 Å². The van der Waals surface area contributed by atoms with Crippen LogP contribution >= 0.6 is 23.2 Å². The van der Waals surface area contributed by atoms with Gasteiger partial charge in [-0.25, -0.2) is 0 Å². The van der Waals surface area contributed by atoms with Crippen molar-refractivity contribution in [3.63, 3.8) is 0 Å². The summed E-state index contributed by atoms with van der Waals surface area (Å²) in [5, 5.41) is 5.10. The number of hydrogen-bond acceptors (Lipinski definition) is 2. The van der Waals surface area contributed by atoms with E-state index in [1.165, 1.54) is 31.5 Å². The van der Waals surface area contributed by atoms with Crippen molar-refractivity contribution in [2.75, 3.05) is 19.6 Å². The Morgan fingerprint density at radius 2 is 2.16 bits per heavy atom. The van der Waals surface area contributed by atoms with Gasteiger partial charge in [-0.05, 0) is 49.9 Å². The number of fused-ring (bicyclic) bond motifs is 1. The third-order valence-corrected chi connectivity index (χ3v) is 5.21. The molecule has 0 bridgehead atoms. The summed E-state index contributed by atoms with van der Waals surface area (Å²) in [6, 6.07) is 6.95. The zero-order valence-electron chi connectivity index (χ0n) is 11.2. The number of halogens is 2. The van der Waals surface area contributed by atoms with Crippen LogP contribution in [0, 0.1) is 5.92 Å². The molecule has 2 fully saturated rings. The fourth-order valence-electron chi connectivity index (χ4n) is 3.46. The maximum Gasteiger partial charge on any atom is 0.0468 e. The molecule has 2 nitrogen and oxygen atoms in total. The summed E-state index contributed by atoms with van der Waals surface area (Å²) in [7, 11) is 0. The first-order valence-electron chi connectivity index (χ1n) is 7.07. The zero-order valence-corrected chi connectivity index (χ0v) is 12.7. The monoisotopic (exact) mass is 298 g/mol. The molecule has 0 saturated carbocycles. The van der Waals surface area contributed by atoms with Crippen molar-refractivity contribution in [2.45, 2.75) is 31.8 Å². The normalized spacial score (nSPS) is 29.2. The summed E-state index contributed by atoms with van der Waals surface area (Å²) in [6.07, 6.45) is 2.56. The summed E-state index contributed by atoms with van der Waals surface area (Å²) in [5.74, 6) is 0.808. The minimum atomic E-state index is 0.367. The van der Waals surface area contributed by atoms with Crippen LogP contribution in [0.5, 0.6) is 0 Å². The molecular formula is C15H20Cl2N2. The molecule has 19 heavy (non-hydrogen) atoms. The highest BCUT2D eigenvalue weighted by Crippen LogP contribution is 2.34. The lowest BCUT2D eigenvalue weighted by Gasteiger charge is -2.39. The summed E-state index contributed by atoms with van der Waals surface area (Å²) < 4.78 is 0. The summed E-state index contributed by atoms with van der Waals surface area (Å²) >= 11 is 12.3. The minimum Gasteiger partial charge on any atom is -0.314 e. The van der Waals surface area contributed by atoms with Crippen LogP contribution in [0.4, 0.5) is 0 Å². The Labute approximate surface area is 125 Å². The number of hydrogen-bond donors (Lipinski definition) is 1. The standard InChI is InChI=1S/C15H20Cl2N2/c1-10(13-3-2-12(16)8-14(13)17)19-7-5-15-11(9-19)4-6-18-15/h2-3,8,10-11,15,18H,4-7,9H2,1H3. The lowest BCUT2D eigenvalue weighted by Crippen LogP contribution is -2.45. The lowest BCUT2D eigenvalue weighted by atomic mass is 9.91. The maximum atomic E-state index is 6.33. The Bertz CT molecular complexity index is 463. The van der Waals surface area contributed by atoms with E-state index in [0.29, 0.717) is 11.1 Å². The molecule has 2 saturated heterocycles. The first-order valence-corrected chi connectivity index (χ1v) is 7.83. The Kier molecular flexibility index (Phi) is 4.04. The van der Waals surface area contributed by atoms with Gasteiger partial charge in [-0.15, -0.1) is 0 Å². The number of likely N-dealkylation sites (tertiary alicyclic amines) is 1. The minimum absolute atomic E-state index is 0.367. The summed E-state index contributed by atoms with van der Waals surface area (Å²) in [6.45, 7) is 5.75. The van der Waals surface area contributed by atoms with Crippen LogP contribution in [0.15, 0.2) is 18.2 Å². The van der Waals surface area contributed by atoms with Crippen LogP contribution in [0.3, 0.4) is 0 Å². The van der Waals surface area contributed by atoms with E-state index in [0.717, 1.165) is 23.5 Å². The average molecular weight is 299 g/mol. The molecule has 1 aromatic carbocycles. The van der Waals surface area contributed by atoms with Crippen LogP contribution in [0.2, 0.25) is 10.0 Å². The van der Waals surface area contributed by atoms with Crippen LogP contribution in [0.1, 0.15) is 31.4 Å². The van der Waals surface area contributed by atoms with E-state index in [2.05, 4.69) is 23.2 Å². The molecule has 1 N–H and O–H groups in total. The zero-order chi connectivity index (χ0) is 13.4. The summed E-state index contributed by atoms with van der Waals surface area (Å²) in [5.41, 5.74) is 1.19. The van der Waals surface area contributed by atoms with Gasteiger partial charge in [-0.2, -0.15) is 0 Å². The van der Waals surface area contributed by atoms with Crippen LogP contribution in [0.25, 0.3) is 0 Å². The lowest BCUT2D eigenvalue weighted by molar-refractivity contribution is 0.122. The highest BCUT2D eigenvalue weighted by atomic mass is 35.5. The molecule has 0 spiro atoms. The van der Waals surface area contributed by atoms with Crippen molar-refractivity contribution in [1.29, 1.82) is 0 Å². The second-order valence-corrected chi connectivity index (χ2v) is 6.58. The molecule has 2 heterocycles. The number of rotatable bonds is 2. The van der Waals surface area contributed by atoms with Gasteiger partial charge >= 0.3 is 0 Å². The van der Waals surface area contributed by atoms with Crippen LogP contribution in [-0.4, -0.2) is 30.6 Å². The van der Waals surface area contributed by atoms with E-state index in [9.17, 15) is 0 Å². The first kappa shape index (κ1) is 13.7. The van der Waals surface area contributed by atoms with Crippen molar-refractivity contribution >= 4 is 23.2 Å². The molecule has 0 amide bonds. The fourth-order valence-corrected chi connectivity index (χ4v) is 4.03. The topological polar surface area (TPSA) is 15.3 Å². The molecule has 1 aromatic rings. The molecule has 2 aliphatic heterocycles. The van der Waals surface area contributed by atoms with Crippen molar-refractivity contribution < 1.29 is 0 Å². The molecule has 0 radical (unpaired) electrons. The third-order valence-electron chi connectivity index (χ3n) is 4.65. The highest BCUT2D eigenvalue weighted by molar-refractivity contribution is 6.35. The van der Waals surface area contributed by atoms with Crippen molar-refractivity contribution in [3.05, 3.63) is 33.8 Å². The Morgan fingerprint density at radius 1 is 1.32 bits per heavy atom. The Hall–Kier alpha value is -0.280. The van der Waals surface area contributed by atoms with Gasteiger partial charge in [0.2, 0.25) is 0 Å². The molecule has 3 unspecified atom stereocenters. The molecule has 3 atom stereocenters. The third kappa shape index (κ3) is 2.78. The van der Waals surface area contributed by atoms with Crippen molar-refractivity contribution in [3.8, 4) is 0 Å². The van der Waals surface area contributed by atoms with E-state index in [1.807, 2.05) is 12.1 Å². The maximum absolute atomic E-state index is 6.33. The van der Waals surface area contributed by atoms with Crippen molar-refractivity contribution in [1.82, 2.24) is 10.2 Å². The quantitative estimate of drug-likeness (QED) is 0.895. The molecule has 3 rings (SSSR count). The smallest absolute Gasteiger partial charge is 0.0468 e. The fraction of sp³-hybridized carbons (Fsp3) is 0.600. The van der Waals surface area contributed by atoms with Crippen LogP contribution < -0.4 is 5.32 Å². The van der Waals surface area contributed by atoms with Gasteiger partial charge in [0.25, 0.3) is 0 Å². The molecule has 2 aliphatic rings. The molecule has 0 aliphatic carbocycles. The first-order chi connectivity index (χ1) is 9.15. The molecule has 0 aromatic heterocycles. The van der Waals surface area contributed by atoms with E-state index < -0.39 is 0 Å². The SMILES string of the molecule is CC(c1ccc(Cl)cc1Cl)N1CCC2NCCC2C1.